The lowest BCUT2D eigenvalue weighted by Crippen LogP contribution is -2.24. The Morgan fingerprint density at radius 3 is 2.39 bits per heavy atom. The Morgan fingerprint density at radius 2 is 1.89 bits per heavy atom. The van der Waals surface area contributed by atoms with Gasteiger partial charge in [0.1, 0.15) is 11.4 Å². The fraction of sp³-hybridized carbons (Fsp3) is 0.333. The maximum Gasteiger partial charge on any atom is 0.409 e. The topological polar surface area (TPSA) is 95.9 Å². The number of carbonyl (C=O) groups excluding carboxylic acids is 1. The molecule has 18 heavy (non-hydrogen) atoms. The molecule has 0 heterocycles. The number of phenols is 1. The molecule has 0 saturated carbocycles. The molecule has 0 aliphatic carbocycles. The molecule has 0 saturated heterocycles. The summed E-state index contributed by atoms with van der Waals surface area (Å²) >= 11 is 0. The molecule has 0 aliphatic rings. The minimum Gasteiger partial charge on any atom is -0.508 e. The summed E-state index contributed by atoms with van der Waals surface area (Å²) in [6.07, 6.45) is -1.33. The van der Waals surface area contributed by atoms with Crippen molar-refractivity contribution in [3.63, 3.8) is 0 Å². The largest absolute Gasteiger partial charge is 0.508 e. The number of phenolic OH excluding ortho intramolecular Hbond substituents is 1. The van der Waals surface area contributed by atoms with Crippen molar-refractivity contribution in [3.05, 3.63) is 23.8 Å². The van der Waals surface area contributed by atoms with E-state index in [4.69, 9.17) is 9.84 Å². The van der Waals surface area contributed by atoms with E-state index in [1.165, 1.54) is 12.1 Å². The maximum absolute atomic E-state index is 11.8. The Kier molecular flexibility index (Phi) is 3.80. The maximum atomic E-state index is 11.8. The fourth-order valence-electron chi connectivity index (χ4n) is 1.26. The standard InChI is InChI=1S/C12H15NO5/c1-12(2,3)18-10(15)8-5-4-7(14)6-9(8)13-11(16)17/h4-6,13-14H,1-3H3,(H,16,17). The van der Waals surface area contributed by atoms with E-state index in [1.807, 2.05) is 5.32 Å². The highest BCUT2D eigenvalue weighted by atomic mass is 16.6. The van der Waals surface area contributed by atoms with Gasteiger partial charge < -0.3 is 14.9 Å². The van der Waals surface area contributed by atoms with Gasteiger partial charge >= 0.3 is 12.1 Å². The second kappa shape index (κ2) is 4.95. The van der Waals surface area contributed by atoms with Crippen LogP contribution in [0.3, 0.4) is 0 Å². The predicted molar refractivity (Wildman–Crippen MR) is 64.9 cm³/mol. The van der Waals surface area contributed by atoms with Gasteiger partial charge in [0.15, 0.2) is 0 Å². The van der Waals surface area contributed by atoms with Gasteiger partial charge in [0, 0.05) is 6.07 Å². The molecule has 0 aromatic heterocycles. The number of ether oxygens (including phenoxy) is 1. The summed E-state index contributed by atoms with van der Waals surface area (Å²) in [5.41, 5.74) is -0.656. The van der Waals surface area contributed by atoms with Gasteiger partial charge in [-0.2, -0.15) is 0 Å². The van der Waals surface area contributed by atoms with Crippen LogP contribution in [0, 0.1) is 0 Å². The van der Waals surface area contributed by atoms with Crippen LogP contribution >= 0.6 is 0 Å². The highest BCUT2D eigenvalue weighted by Gasteiger charge is 2.21. The van der Waals surface area contributed by atoms with Gasteiger partial charge in [-0.3, -0.25) is 5.32 Å². The minimum atomic E-state index is -1.33. The van der Waals surface area contributed by atoms with E-state index >= 15 is 0 Å². The molecule has 6 heteroatoms. The van der Waals surface area contributed by atoms with Crippen molar-refractivity contribution in [2.24, 2.45) is 0 Å². The molecule has 98 valence electrons. The van der Waals surface area contributed by atoms with Crippen LogP contribution in [-0.4, -0.2) is 27.9 Å². The third-order valence-corrected chi connectivity index (χ3v) is 1.86. The van der Waals surface area contributed by atoms with E-state index in [1.54, 1.807) is 20.8 Å². The zero-order chi connectivity index (χ0) is 13.9. The van der Waals surface area contributed by atoms with Gasteiger partial charge in [-0.1, -0.05) is 0 Å². The number of nitrogens with one attached hydrogen (secondary N) is 1. The summed E-state index contributed by atoms with van der Waals surface area (Å²) in [7, 11) is 0. The molecule has 1 aromatic rings. The van der Waals surface area contributed by atoms with Crippen LogP contribution in [0.1, 0.15) is 31.1 Å². The van der Waals surface area contributed by atoms with Gasteiger partial charge in [-0.25, -0.2) is 9.59 Å². The summed E-state index contributed by atoms with van der Waals surface area (Å²) in [6.45, 7) is 5.11. The Balaban J connectivity index is 3.07. The number of carboxylic acid groups (broad SMARTS) is 1. The van der Waals surface area contributed by atoms with Gasteiger partial charge in [-0.05, 0) is 32.9 Å². The lowest BCUT2D eigenvalue weighted by atomic mass is 10.1. The molecule has 1 rings (SSSR count). The number of anilines is 1. The number of hydrogen-bond donors (Lipinski definition) is 3. The molecule has 1 amide bonds. The zero-order valence-electron chi connectivity index (χ0n) is 10.4. The molecule has 0 aliphatic heterocycles. The van der Waals surface area contributed by atoms with E-state index in [0.29, 0.717) is 0 Å². The highest BCUT2D eigenvalue weighted by Crippen LogP contribution is 2.24. The first kappa shape index (κ1) is 13.8. The number of aromatic hydroxyl groups is 1. The van der Waals surface area contributed by atoms with E-state index in [0.717, 1.165) is 6.07 Å². The number of esters is 1. The monoisotopic (exact) mass is 253 g/mol. The third-order valence-electron chi connectivity index (χ3n) is 1.86. The molecular weight excluding hydrogens is 238 g/mol. The average Bonchev–Trinajstić information content (AvgIpc) is 2.13. The van der Waals surface area contributed by atoms with Crippen LogP contribution in [0.25, 0.3) is 0 Å². The van der Waals surface area contributed by atoms with Crippen LogP contribution in [0.4, 0.5) is 10.5 Å². The first-order chi connectivity index (χ1) is 8.19. The van der Waals surface area contributed by atoms with Crippen molar-refractivity contribution in [1.29, 1.82) is 0 Å². The van der Waals surface area contributed by atoms with Crippen molar-refractivity contribution < 1.29 is 24.5 Å². The Morgan fingerprint density at radius 1 is 1.28 bits per heavy atom. The first-order valence-electron chi connectivity index (χ1n) is 5.25. The van der Waals surface area contributed by atoms with Crippen molar-refractivity contribution in [3.8, 4) is 5.75 Å². The number of benzene rings is 1. The quantitative estimate of drug-likeness (QED) is 0.703. The third kappa shape index (κ3) is 3.97. The summed E-state index contributed by atoms with van der Waals surface area (Å²) < 4.78 is 5.13. The molecular formula is C12H15NO5. The molecule has 1 aromatic carbocycles. The molecule has 0 atom stereocenters. The van der Waals surface area contributed by atoms with Crippen molar-refractivity contribution in [2.45, 2.75) is 26.4 Å². The average molecular weight is 253 g/mol. The van der Waals surface area contributed by atoms with E-state index in [2.05, 4.69) is 0 Å². The predicted octanol–water partition coefficient (Wildman–Crippen LogP) is 2.44. The van der Waals surface area contributed by atoms with Crippen LogP contribution in [0.2, 0.25) is 0 Å². The van der Waals surface area contributed by atoms with E-state index < -0.39 is 17.7 Å². The first-order valence-corrected chi connectivity index (χ1v) is 5.25. The molecule has 0 radical (unpaired) electrons. The number of amides is 1. The zero-order valence-corrected chi connectivity index (χ0v) is 10.4. The number of rotatable bonds is 2. The lowest BCUT2D eigenvalue weighted by molar-refractivity contribution is 0.00708. The van der Waals surface area contributed by atoms with Gasteiger partial charge in [0.25, 0.3) is 0 Å². The van der Waals surface area contributed by atoms with Crippen molar-refractivity contribution in [1.82, 2.24) is 0 Å². The van der Waals surface area contributed by atoms with Crippen molar-refractivity contribution >= 4 is 17.7 Å². The number of carbonyl (C=O) groups is 2. The van der Waals surface area contributed by atoms with Crippen LogP contribution < -0.4 is 5.32 Å². The smallest absolute Gasteiger partial charge is 0.409 e. The summed E-state index contributed by atoms with van der Waals surface area (Å²) in [6, 6.07) is 3.73. The SMILES string of the molecule is CC(C)(C)OC(=O)c1ccc(O)cc1NC(=O)O. The molecule has 0 unspecified atom stereocenters. The van der Waals surface area contributed by atoms with Gasteiger partial charge in [-0.15, -0.1) is 0 Å². The Labute approximate surface area is 104 Å². The van der Waals surface area contributed by atoms with E-state index in [9.17, 15) is 14.7 Å². The van der Waals surface area contributed by atoms with E-state index in [-0.39, 0.29) is 17.0 Å². The van der Waals surface area contributed by atoms with Crippen molar-refractivity contribution in [2.75, 3.05) is 5.32 Å². The second-order valence-corrected chi connectivity index (χ2v) is 4.66. The van der Waals surface area contributed by atoms with Gasteiger partial charge in [0.2, 0.25) is 0 Å². The van der Waals surface area contributed by atoms with Gasteiger partial charge in [0.05, 0.1) is 11.3 Å². The molecule has 0 spiro atoms. The normalized spacial score (nSPS) is 10.8. The summed E-state index contributed by atoms with van der Waals surface area (Å²) in [5.74, 6) is -0.808. The Hall–Kier alpha value is -2.24. The molecule has 3 N–H and O–H groups in total. The molecule has 6 nitrogen and oxygen atoms in total. The summed E-state index contributed by atoms with van der Waals surface area (Å²) in [4.78, 5) is 22.4. The second-order valence-electron chi connectivity index (χ2n) is 4.66. The molecule has 0 fully saturated rings. The molecule has 0 bridgehead atoms. The lowest BCUT2D eigenvalue weighted by Gasteiger charge is -2.20. The van der Waals surface area contributed by atoms with Crippen LogP contribution in [0.15, 0.2) is 18.2 Å². The minimum absolute atomic E-state index is 0.0169. The summed E-state index contributed by atoms with van der Waals surface area (Å²) in [5, 5.41) is 20.0. The fourth-order valence-corrected chi connectivity index (χ4v) is 1.26. The van der Waals surface area contributed by atoms with Crippen LogP contribution in [-0.2, 0) is 4.74 Å². The highest BCUT2D eigenvalue weighted by molar-refractivity contribution is 5.99. The number of hydrogen-bond acceptors (Lipinski definition) is 4. The van der Waals surface area contributed by atoms with Crippen LogP contribution in [0.5, 0.6) is 5.75 Å². The Bertz CT molecular complexity index is 476.